The minimum absolute atomic E-state index is 0.0127. The Morgan fingerprint density at radius 3 is 2.49 bits per heavy atom. The molecule has 2 aliphatic heterocycles. The van der Waals surface area contributed by atoms with Crippen molar-refractivity contribution in [2.75, 3.05) is 13.2 Å². The molecule has 17 atom stereocenters. The smallest absolute Gasteiger partial charge is 0.186 e. The summed E-state index contributed by atoms with van der Waals surface area (Å²) in [7, 11) is 0. The monoisotopic (exact) mass is 733 g/mol. The number of hydrogen-bond donors (Lipinski definition) is 9. The van der Waals surface area contributed by atoms with E-state index in [9.17, 15) is 30.6 Å². The first-order valence-electron chi connectivity index (χ1n) is 19.9. The van der Waals surface area contributed by atoms with E-state index in [0.717, 1.165) is 5.57 Å². The Morgan fingerprint density at radius 1 is 1.08 bits per heavy atom. The molecule has 6 bridgehead atoms. The molecule has 3 saturated carbocycles. The lowest BCUT2D eigenvalue weighted by Gasteiger charge is -2.68. The number of dihydropyridines is 1. The van der Waals surface area contributed by atoms with Gasteiger partial charge in [-0.3, -0.25) is 4.79 Å². The fourth-order valence-electron chi connectivity index (χ4n) is 12.9. The van der Waals surface area contributed by atoms with E-state index >= 15 is 4.79 Å². The van der Waals surface area contributed by atoms with Gasteiger partial charge >= 0.3 is 0 Å². The number of aliphatic hydroxyl groups is 6. The summed E-state index contributed by atoms with van der Waals surface area (Å²) >= 11 is 0. The molecule has 53 heavy (non-hydrogen) atoms. The maximum absolute atomic E-state index is 15.7. The van der Waals surface area contributed by atoms with Gasteiger partial charge in [0.15, 0.2) is 5.78 Å². The van der Waals surface area contributed by atoms with Crippen molar-refractivity contribution in [3.63, 3.8) is 0 Å². The molecule has 1 unspecified atom stereocenters. The highest BCUT2D eigenvalue weighted by Crippen LogP contribution is 2.76. The average Bonchev–Trinajstić information content (AvgIpc) is 3.55. The third-order valence-electron chi connectivity index (χ3n) is 15.7. The highest BCUT2D eigenvalue weighted by Gasteiger charge is 2.77. The molecule has 0 radical (unpaired) electrons. The van der Waals surface area contributed by atoms with Crippen LogP contribution in [0.2, 0.25) is 0 Å². The average molecular weight is 734 g/mol. The highest BCUT2D eigenvalue weighted by molar-refractivity contribution is 6.03. The summed E-state index contributed by atoms with van der Waals surface area (Å²) in [6.45, 7) is 8.00. The molecule has 0 aromatic carbocycles. The second kappa shape index (κ2) is 12.8. The molecule has 1 saturated heterocycles. The van der Waals surface area contributed by atoms with Gasteiger partial charge in [-0.1, -0.05) is 32.1 Å². The van der Waals surface area contributed by atoms with Gasteiger partial charge in [-0.05, 0) is 105 Å². The van der Waals surface area contributed by atoms with Crippen molar-refractivity contribution >= 4 is 5.78 Å². The van der Waals surface area contributed by atoms with Crippen molar-refractivity contribution in [2.24, 2.45) is 57.5 Å². The van der Waals surface area contributed by atoms with E-state index in [0.29, 0.717) is 31.4 Å². The molecule has 11 heteroatoms. The third-order valence-corrected chi connectivity index (χ3v) is 15.7. The molecule has 0 aromatic rings. The minimum atomic E-state index is -1.68. The SMILES string of the molecule is C[C@@H]1[C@H]([C@@H](O)[C@](C)(O)[C@H]2CC[C@@]3(O)C4=C(NC[C@H](C)O)C(=O)[C@@]56CC#CC[C@@]23C[C@@H]2C=C[C@H](C3=CNC(N)C=C3)C[C@@]5(C[C@H](O)[C@H](O)C6)[C@H]42)OC[C@H]1C. The number of nitrogens with two attached hydrogens (primary N) is 1. The van der Waals surface area contributed by atoms with Crippen molar-refractivity contribution in [2.45, 2.75) is 127 Å². The van der Waals surface area contributed by atoms with E-state index in [4.69, 9.17) is 10.5 Å². The Balaban J connectivity index is 1.37. The molecular formula is C42H59N3O8. The number of hydrogen-bond acceptors (Lipinski definition) is 11. The summed E-state index contributed by atoms with van der Waals surface area (Å²) in [6, 6.07) is 0. The fourth-order valence-corrected chi connectivity index (χ4v) is 12.9. The quantitative estimate of drug-likeness (QED) is 0.136. The molecule has 9 aliphatic rings. The summed E-state index contributed by atoms with van der Waals surface area (Å²) in [4.78, 5) is 15.7. The van der Waals surface area contributed by atoms with Crippen molar-refractivity contribution in [1.82, 2.24) is 10.6 Å². The van der Waals surface area contributed by atoms with Crippen LogP contribution in [0.15, 0.2) is 47.3 Å². The topological polar surface area (TPSA) is 198 Å². The zero-order valence-electron chi connectivity index (χ0n) is 31.5. The van der Waals surface area contributed by atoms with Gasteiger partial charge in [0.25, 0.3) is 0 Å². The first-order chi connectivity index (χ1) is 25.0. The Kier molecular flexibility index (Phi) is 9.00. The second-order valence-corrected chi connectivity index (χ2v) is 18.5. The van der Waals surface area contributed by atoms with Crippen molar-refractivity contribution in [3.05, 3.63) is 47.3 Å². The maximum Gasteiger partial charge on any atom is 0.186 e. The van der Waals surface area contributed by atoms with Gasteiger partial charge in [0, 0.05) is 43.5 Å². The van der Waals surface area contributed by atoms with E-state index in [1.54, 1.807) is 13.8 Å². The van der Waals surface area contributed by atoms with Crippen molar-refractivity contribution in [3.8, 4) is 11.8 Å². The predicted octanol–water partition coefficient (Wildman–Crippen LogP) is 1.53. The zero-order chi connectivity index (χ0) is 37.9. The van der Waals surface area contributed by atoms with Crippen LogP contribution in [0.25, 0.3) is 0 Å². The molecule has 9 rings (SSSR count). The van der Waals surface area contributed by atoms with E-state index in [-0.39, 0.29) is 80.0 Å². The van der Waals surface area contributed by atoms with E-state index in [1.165, 1.54) is 0 Å². The first kappa shape index (κ1) is 37.4. The lowest BCUT2D eigenvalue weighted by molar-refractivity contribution is -0.215. The van der Waals surface area contributed by atoms with Crippen molar-refractivity contribution in [1.29, 1.82) is 0 Å². The molecule has 7 aliphatic carbocycles. The molecule has 11 nitrogen and oxygen atoms in total. The highest BCUT2D eigenvalue weighted by atomic mass is 16.5. The lowest BCUT2D eigenvalue weighted by atomic mass is 9.36. The fraction of sp³-hybridized carbons (Fsp3) is 0.738. The third kappa shape index (κ3) is 5.13. The van der Waals surface area contributed by atoms with Gasteiger partial charge < -0.3 is 51.7 Å². The molecule has 2 heterocycles. The number of rotatable bonds is 7. The summed E-state index contributed by atoms with van der Waals surface area (Å²) < 4.78 is 6.11. The van der Waals surface area contributed by atoms with Crippen LogP contribution < -0.4 is 16.4 Å². The number of carbonyl (C=O) groups is 1. The Labute approximate surface area is 312 Å². The van der Waals surface area contributed by atoms with Crippen LogP contribution in [-0.4, -0.2) is 97.5 Å². The van der Waals surface area contributed by atoms with Gasteiger partial charge in [0.2, 0.25) is 0 Å². The Morgan fingerprint density at radius 2 is 1.81 bits per heavy atom. The molecule has 10 N–H and O–H groups in total. The minimum Gasteiger partial charge on any atom is -0.392 e. The zero-order valence-corrected chi connectivity index (χ0v) is 31.5. The second-order valence-electron chi connectivity index (χ2n) is 18.5. The summed E-state index contributed by atoms with van der Waals surface area (Å²) in [5.41, 5.74) is 1.50. The summed E-state index contributed by atoms with van der Waals surface area (Å²) in [5, 5.41) is 78.6. The van der Waals surface area contributed by atoms with E-state index < -0.39 is 69.8 Å². The lowest BCUT2D eigenvalue weighted by Crippen LogP contribution is -2.71. The normalized spacial score (nSPS) is 49.1. The van der Waals surface area contributed by atoms with Gasteiger partial charge in [-0.2, -0.15) is 0 Å². The number of ether oxygens (including phenoxy) is 1. The molecule has 0 aromatic heterocycles. The van der Waals surface area contributed by atoms with E-state index in [1.807, 2.05) is 25.3 Å². The van der Waals surface area contributed by atoms with Gasteiger partial charge in [0.05, 0.1) is 52.9 Å². The van der Waals surface area contributed by atoms with Gasteiger partial charge in [-0.15, -0.1) is 11.8 Å². The Hall–Kier alpha value is -2.53. The molecular weight excluding hydrogens is 674 g/mol. The van der Waals surface area contributed by atoms with E-state index in [2.05, 4.69) is 41.6 Å². The number of ketones is 1. The van der Waals surface area contributed by atoms with Gasteiger partial charge in [0.1, 0.15) is 6.10 Å². The summed E-state index contributed by atoms with van der Waals surface area (Å²) in [5.74, 6) is 5.34. The van der Waals surface area contributed by atoms with Crippen LogP contribution in [0.3, 0.4) is 0 Å². The van der Waals surface area contributed by atoms with Crippen LogP contribution in [0.1, 0.15) is 79.1 Å². The van der Waals surface area contributed by atoms with Crippen LogP contribution in [0, 0.1) is 63.6 Å². The molecule has 4 fully saturated rings. The number of Topliss-reactive ketones (excluding diaryl/α,β-unsaturated/α-hetero) is 1. The first-order valence-corrected chi connectivity index (χ1v) is 19.9. The number of carbonyl (C=O) groups excluding carboxylic acids is 1. The number of aliphatic hydroxyl groups excluding tert-OH is 4. The standard InChI is InChI=1S/C42H59N3O8/c1-22-21-53-35(24(22)3)37(50)38(4,51)30-11-14-42(52)33-32-26-8-7-25(27-9-10-31(43)44-20-27)15-41(32)18-29(48)28(47)17-40(41,13-6-5-12-39(30,42)16-26)36(49)34(33)45-19-23(2)46/h7-10,20,22-26,28-32,35,37,44-48,50-52H,11-19,21,43H2,1-4H3/t22-,23+,24+,25+,26+,28-,29+,30-,31?,32+,35-,37-,38-,39-,40+,41-,42-/m1/s1. The summed E-state index contributed by atoms with van der Waals surface area (Å²) in [6.07, 6.45) is 7.17. The van der Waals surface area contributed by atoms with Crippen molar-refractivity contribution < 1.29 is 40.2 Å². The molecule has 0 amide bonds. The molecule has 290 valence electrons. The van der Waals surface area contributed by atoms with Crippen LogP contribution in [0.4, 0.5) is 0 Å². The number of fused-ring (bicyclic) bond motifs is 3. The van der Waals surface area contributed by atoms with Crippen LogP contribution in [-0.2, 0) is 9.53 Å². The largest absolute Gasteiger partial charge is 0.392 e. The number of nitrogens with one attached hydrogen (secondary N) is 2. The van der Waals surface area contributed by atoms with Gasteiger partial charge in [-0.25, -0.2) is 0 Å². The maximum atomic E-state index is 15.7. The Bertz CT molecular complexity index is 1710. The molecule has 3 spiro atoms. The predicted molar refractivity (Wildman–Crippen MR) is 197 cm³/mol. The number of allylic oxidation sites excluding steroid dienone is 5. The van der Waals surface area contributed by atoms with Crippen LogP contribution in [0.5, 0.6) is 0 Å². The van der Waals surface area contributed by atoms with Crippen LogP contribution >= 0.6 is 0 Å².